The van der Waals surface area contributed by atoms with Crippen LogP contribution in [0, 0.1) is 13.8 Å². The maximum absolute atomic E-state index is 12.7. The summed E-state index contributed by atoms with van der Waals surface area (Å²) < 4.78 is 0. The Morgan fingerprint density at radius 1 is 1.00 bits per heavy atom. The number of phenolic OH excluding ortho intramolecular Hbond substituents is 1. The molecular formula is C25H28N2O3. The van der Waals surface area contributed by atoms with E-state index in [1.807, 2.05) is 33.8 Å². The lowest BCUT2D eigenvalue weighted by atomic mass is 9.78. The van der Waals surface area contributed by atoms with E-state index >= 15 is 0 Å². The minimum Gasteiger partial charge on any atom is -0.508 e. The largest absolute Gasteiger partial charge is 0.508 e. The van der Waals surface area contributed by atoms with E-state index in [4.69, 9.17) is 0 Å². The molecule has 0 aliphatic heterocycles. The van der Waals surface area contributed by atoms with Crippen LogP contribution >= 0.6 is 0 Å². The molecule has 5 heteroatoms. The zero-order chi connectivity index (χ0) is 21.9. The topological polar surface area (TPSA) is 73.7 Å². The molecule has 0 radical (unpaired) electrons. The van der Waals surface area contributed by atoms with Crippen LogP contribution in [0.4, 0.5) is 0 Å². The molecule has 2 N–H and O–H groups in total. The Labute approximate surface area is 177 Å². The molecular weight excluding hydrogens is 376 g/mol. The summed E-state index contributed by atoms with van der Waals surface area (Å²) in [7, 11) is 0. The van der Waals surface area contributed by atoms with Crippen molar-refractivity contribution in [3.63, 3.8) is 0 Å². The number of aromatic nitrogens is 1. The van der Waals surface area contributed by atoms with Crippen LogP contribution in [0.15, 0.2) is 60.8 Å². The molecule has 1 aromatic heterocycles. The summed E-state index contributed by atoms with van der Waals surface area (Å²) in [4.78, 5) is 18.8. The molecule has 0 bridgehead atoms. The molecule has 156 valence electrons. The van der Waals surface area contributed by atoms with E-state index in [1.54, 1.807) is 59.6 Å². The van der Waals surface area contributed by atoms with Crippen LogP contribution in [-0.2, 0) is 5.60 Å². The molecule has 0 fully saturated rings. The average Bonchev–Trinajstić information content (AvgIpc) is 2.75. The second-order valence-electron chi connectivity index (χ2n) is 7.46. The fourth-order valence-electron chi connectivity index (χ4n) is 3.77. The van der Waals surface area contributed by atoms with Crippen molar-refractivity contribution in [3.8, 4) is 5.75 Å². The second-order valence-corrected chi connectivity index (χ2v) is 7.46. The third-order valence-electron chi connectivity index (χ3n) is 5.49. The maximum atomic E-state index is 12.7. The van der Waals surface area contributed by atoms with Gasteiger partial charge in [-0.05, 0) is 80.3 Å². The number of aromatic hydroxyl groups is 1. The summed E-state index contributed by atoms with van der Waals surface area (Å²) in [5.74, 6) is 0.0334. The zero-order valence-corrected chi connectivity index (χ0v) is 17.9. The smallest absolute Gasteiger partial charge is 0.253 e. The van der Waals surface area contributed by atoms with Crippen LogP contribution in [0.2, 0.25) is 0 Å². The standard InChI is InChI=1S/C25H28N2O3/c1-5-27(6-2)24(29)19-10-12-20(13-11-19)25(30,21-8-7-9-22(28)15-21)23-14-18(4)26-16-17(23)3/h7-16,28,30H,5-6H2,1-4H3. The van der Waals surface area contributed by atoms with Crippen LogP contribution < -0.4 is 0 Å². The summed E-state index contributed by atoms with van der Waals surface area (Å²) in [5.41, 5.74) is 2.51. The Morgan fingerprint density at radius 3 is 2.27 bits per heavy atom. The summed E-state index contributed by atoms with van der Waals surface area (Å²) >= 11 is 0. The molecule has 0 aliphatic carbocycles. The lowest BCUT2D eigenvalue weighted by Crippen LogP contribution is -2.31. The number of phenols is 1. The molecule has 0 saturated heterocycles. The lowest BCUT2D eigenvalue weighted by molar-refractivity contribution is 0.0772. The summed E-state index contributed by atoms with van der Waals surface area (Å²) in [6.45, 7) is 8.95. The van der Waals surface area contributed by atoms with Crippen molar-refractivity contribution in [3.05, 3.63) is 94.3 Å². The van der Waals surface area contributed by atoms with E-state index in [-0.39, 0.29) is 11.7 Å². The van der Waals surface area contributed by atoms with E-state index in [0.29, 0.717) is 35.3 Å². The van der Waals surface area contributed by atoms with E-state index in [9.17, 15) is 15.0 Å². The molecule has 30 heavy (non-hydrogen) atoms. The van der Waals surface area contributed by atoms with E-state index in [1.165, 1.54) is 0 Å². The first-order valence-electron chi connectivity index (χ1n) is 10.2. The van der Waals surface area contributed by atoms with Crippen LogP contribution in [0.5, 0.6) is 5.75 Å². The van der Waals surface area contributed by atoms with E-state index < -0.39 is 5.60 Å². The Bertz CT molecular complexity index is 1040. The number of pyridine rings is 1. The number of aliphatic hydroxyl groups is 1. The van der Waals surface area contributed by atoms with Gasteiger partial charge in [-0.15, -0.1) is 0 Å². The summed E-state index contributed by atoms with van der Waals surface area (Å²) in [6.07, 6.45) is 1.73. The highest BCUT2D eigenvalue weighted by atomic mass is 16.3. The molecule has 0 aliphatic rings. The fraction of sp³-hybridized carbons (Fsp3) is 0.280. The van der Waals surface area contributed by atoms with Gasteiger partial charge in [0.25, 0.3) is 5.91 Å². The number of aryl methyl sites for hydroxylation is 2. The molecule has 0 saturated carbocycles. The van der Waals surface area contributed by atoms with Gasteiger partial charge in [0.15, 0.2) is 0 Å². The van der Waals surface area contributed by atoms with Gasteiger partial charge in [0.1, 0.15) is 11.4 Å². The van der Waals surface area contributed by atoms with Crippen molar-refractivity contribution in [2.75, 3.05) is 13.1 Å². The minimum atomic E-state index is -1.51. The molecule has 1 unspecified atom stereocenters. The SMILES string of the molecule is CCN(CC)C(=O)c1ccc(C(O)(c2cccc(O)c2)c2cc(C)ncc2C)cc1. The van der Waals surface area contributed by atoms with E-state index in [2.05, 4.69) is 4.98 Å². The van der Waals surface area contributed by atoms with Gasteiger partial charge in [-0.3, -0.25) is 9.78 Å². The highest BCUT2D eigenvalue weighted by Gasteiger charge is 2.36. The zero-order valence-electron chi connectivity index (χ0n) is 17.9. The van der Waals surface area contributed by atoms with Crippen molar-refractivity contribution in [2.24, 2.45) is 0 Å². The Kier molecular flexibility index (Phi) is 6.22. The maximum Gasteiger partial charge on any atom is 0.253 e. The first kappa shape index (κ1) is 21.5. The molecule has 1 amide bonds. The van der Waals surface area contributed by atoms with Gasteiger partial charge in [0, 0.05) is 30.5 Å². The molecule has 3 aromatic rings. The van der Waals surface area contributed by atoms with Gasteiger partial charge in [-0.2, -0.15) is 0 Å². The molecule has 0 spiro atoms. The first-order valence-corrected chi connectivity index (χ1v) is 10.2. The number of carbonyl (C=O) groups excluding carboxylic acids is 1. The fourth-order valence-corrected chi connectivity index (χ4v) is 3.77. The monoisotopic (exact) mass is 404 g/mol. The summed E-state index contributed by atoms with van der Waals surface area (Å²) in [5, 5.41) is 22.1. The lowest BCUT2D eigenvalue weighted by Gasteiger charge is -2.32. The average molecular weight is 405 g/mol. The number of hydrogen-bond donors (Lipinski definition) is 2. The van der Waals surface area contributed by atoms with Crippen LogP contribution in [0.25, 0.3) is 0 Å². The molecule has 3 rings (SSSR count). The van der Waals surface area contributed by atoms with Crippen molar-refractivity contribution < 1.29 is 15.0 Å². The molecule has 2 aromatic carbocycles. The van der Waals surface area contributed by atoms with Crippen molar-refractivity contribution in [2.45, 2.75) is 33.3 Å². The predicted octanol–water partition coefficient (Wildman–Crippen LogP) is 4.17. The highest BCUT2D eigenvalue weighted by Crippen LogP contribution is 2.39. The third kappa shape index (κ3) is 3.94. The highest BCUT2D eigenvalue weighted by molar-refractivity contribution is 5.94. The van der Waals surface area contributed by atoms with Crippen LogP contribution in [0.3, 0.4) is 0 Å². The summed E-state index contributed by atoms with van der Waals surface area (Å²) in [6, 6.07) is 15.5. The molecule has 5 nitrogen and oxygen atoms in total. The number of nitrogens with zero attached hydrogens (tertiary/aromatic N) is 2. The van der Waals surface area contributed by atoms with Gasteiger partial charge in [-0.25, -0.2) is 0 Å². The van der Waals surface area contributed by atoms with Crippen LogP contribution in [0.1, 0.15) is 52.2 Å². The van der Waals surface area contributed by atoms with Crippen molar-refractivity contribution in [1.82, 2.24) is 9.88 Å². The van der Waals surface area contributed by atoms with Gasteiger partial charge in [-0.1, -0.05) is 24.3 Å². The number of hydrogen-bond acceptors (Lipinski definition) is 4. The van der Waals surface area contributed by atoms with Gasteiger partial charge in [0.05, 0.1) is 0 Å². The molecule has 1 atom stereocenters. The second kappa shape index (κ2) is 8.67. The van der Waals surface area contributed by atoms with Crippen molar-refractivity contribution in [1.29, 1.82) is 0 Å². The van der Waals surface area contributed by atoms with Crippen LogP contribution in [-0.4, -0.2) is 39.1 Å². The van der Waals surface area contributed by atoms with Gasteiger partial charge >= 0.3 is 0 Å². The van der Waals surface area contributed by atoms with Crippen molar-refractivity contribution >= 4 is 5.91 Å². The Balaban J connectivity index is 2.16. The quantitative estimate of drug-likeness (QED) is 0.647. The normalized spacial score (nSPS) is 13.0. The van der Waals surface area contributed by atoms with Gasteiger partial charge in [0.2, 0.25) is 0 Å². The number of rotatable bonds is 6. The Morgan fingerprint density at radius 2 is 1.67 bits per heavy atom. The van der Waals surface area contributed by atoms with Gasteiger partial charge < -0.3 is 15.1 Å². The number of carbonyl (C=O) groups is 1. The Hall–Kier alpha value is -3.18. The van der Waals surface area contributed by atoms with E-state index in [0.717, 1.165) is 11.3 Å². The third-order valence-corrected chi connectivity index (χ3v) is 5.49. The first-order chi connectivity index (χ1) is 14.3. The minimum absolute atomic E-state index is 0.0385. The predicted molar refractivity (Wildman–Crippen MR) is 118 cm³/mol. The molecule has 1 heterocycles. The number of amides is 1. The number of benzene rings is 2.